The molecule has 1 aliphatic heterocycles. The van der Waals surface area contributed by atoms with Crippen LogP contribution in [0.1, 0.15) is 55.9 Å². The Morgan fingerprint density at radius 2 is 2.06 bits per heavy atom. The van der Waals surface area contributed by atoms with E-state index >= 15 is 0 Å². The SMILES string of the molecule is CCC(F)(F)C(=O)N1CCN(Cc2cc(C)cc(Nc3nnc([C@@H](C)O)o3)c2C)C[C@@H]1C. The summed E-state index contributed by atoms with van der Waals surface area (Å²) in [6, 6.07) is 3.95. The third kappa shape index (κ3) is 5.24. The van der Waals surface area contributed by atoms with Gasteiger partial charge in [-0.1, -0.05) is 18.1 Å². The first-order valence-corrected chi connectivity index (χ1v) is 10.8. The maximum absolute atomic E-state index is 13.9. The second-order valence-corrected chi connectivity index (χ2v) is 8.48. The summed E-state index contributed by atoms with van der Waals surface area (Å²) in [4.78, 5) is 15.7. The molecule has 32 heavy (non-hydrogen) atoms. The minimum absolute atomic E-state index is 0.132. The molecule has 8 nitrogen and oxygen atoms in total. The number of rotatable bonds is 7. The first kappa shape index (κ1) is 24.1. The summed E-state index contributed by atoms with van der Waals surface area (Å²) >= 11 is 0. The van der Waals surface area contributed by atoms with Crippen molar-refractivity contribution in [1.29, 1.82) is 0 Å². The summed E-state index contributed by atoms with van der Waals surface area (Å²) in [5.41, 5.74) is 3.92. The number of amides is 1. The van der Waals surface area contributed by atoms with Crippen LogP contribution in [0.4, 0.5) is 20.5 Å². The number of hydrogen-bond acceptors (Lipinski definition) is 7. The molecule has 1 aromatic heterocycles. The van der Waals surface area contributed by atoms with Crippen molar-refractivity contribution in [3.8, 4) is 0 Å². The number of alkyl halides is 2. The zero-order chi connectivity index (χ0) is 23.6. The van der Waals surface area contributed by atoms with Gasteiger partial charge in [-0.3, -0.25) is 9.69 Å². The molecule has 0 bridgehead atoms. The summed E-state index contributed by atoms with van der Waals surface area (Å²) in [5, 5.41) is 20.4. The van der Waals surface area contributed by atoms with Gasteiger partial charge in [-0.2, -0.15) is 8.78 Å². The zero-order valence-corrected chi connectivity index (χ0v) is 19.2. The number of nitrogens with one attached hydrogen (secondary N) is 1. The lowest BCUT2D eigenvalue weighted by Crippen LogP contribution is -2.57. The van der Waals surface area contributed by atoms with Gasteiger partial charge in [0.05, 0.1) is 0 Å². The minimum Gasteiger partial charge on any atom is -0.405 e. The molecular formula is C22H31F2N5O3. The lowest BCUT2D eigenvalue weighted by molar-refractivity contribution is -0.162. The molecule has 3 rings (SSSR count). The molecule has 0 unspecified atom stereocenters. The Hall–Kier alpha value is -2.59. The molecule has 0 saturated carbocycles. The quantitative estimate of drug-likeness (QED) is 0.665. The van der Waals surface area contributed by atoms with Gasteiger partial charge in [-0.05, 0) is 50.5 Å². The van der Waals surface area contributed by atoms with Gasteiger partial charge in [0.1, 0.15) is 6.10 Å². The monoisotopic (exact) mass is 451 g/mol. The molecule has 0 spiro atoms. The van der Waals surface area contributed by atoms with Crippen molar-refractivity contribution < 1.29 is 23.1 Å². The lowest BCUT2D eigenvalue weighted by Gasteiger charge is -2.41. The van der Waals surface area contributed by atoms with Crippen LogP contribution in [0.15, 0.2) is 16.5 Å². The first-order valence-electron chi connectivity index (χ1n) is 10.8. The van der Waals surface area contributed by atoms with E-state index in [1.165, 1.54) is 11.8 Å². The molecule has 2 N–H and O–H groups in total. The Labute approximate surface area is 186 Å². The molecular weight excluding hydrogens is 420 g/mol. The molecule has 2 atom stereocenters. The number of hydrogen-bond donors (Lipinski definition) is 2. The van der Waals surface area contributed by atoms with Gasteiger partial charge >= 0.3 is 11.9 Å². The zero-order valence-electron chi connectivity index (χ0n) is 19.2. The van der Waals surface area contributed by atoms with Crippen LogP contribution in [0.2, 0.25) is 0 Å². The molecule has 1 amide bonds. The van der Waals surface area contributed by atoms with Crippen molar-refractivity contribution in [2.45, 2.75) is 65.7 Å². The van der Waals surface area contributed by atoms with Crippen LogP contribution in [0.3, 0.4) is 0 Å². The summed E-state index contributed by atoms with van der Waals surface area (Å²) in [7, 11) is 0. The van der Waals surface area contributed by atoms with E-state index in [1.54, 1.807) is 13.8 Å². The number of nitrogens with zero attached hydrogens (tertiary/aromatic N) is 4. The normalized spacial score (nSPS) is 18.6. The van der Waals surface area contributed by atoms with Gasteiger partial charge in [0, 0.05) is 44.3 Å². The number of carbonyl (C=O) groups excluding carboxylic acids is 1. The molecule has 10 heteroatoms. The van der Waals surface area contributed by atoms with Crippen molar-refractivity contribution >= 4 is 17.6 Å². The van der Waals surface area contributed by atoms with E-state index in [0.717, 1.165) is 22.4 Å². The number of benzene rings is 1. The largest absolute Gasteiger partial charge is 0.405 e. The summed E-state index contributed by atoms with van der Waals surface area (Å²) in [5.74, 6) is -4.26. The molecule has 1 aliphatic rings. The van der Waals surface area contributed by atoms with E-state index in [4.69, 9.17) is 4.42 Å². The van der Waals surface area contributed by atoms with Gasteiger partial charge in [0.15, 0.2) is 0 Å². The third-order valence-electron chi connectivity index (χ3n) is 5.82. The number of aliphatic hydroxyl groups is 1. The third-order valence-corrected chi connectivity index (χ3v) is 5.82. The molecule has 2 heterocycles. The smallest absolute Gasteiger partial charge is 0.324 e. The maximum atomic E-state index is 13.9. The van der Waals surface area contributed by atoms with Crippen LogP contribution in [0, 0.1) is 13.8 Å². The number of halogens is 2. The van der Waals surface area contributed by atoms with E-state index in [9.17, 15) is 18.7 Å². The van der Waals surface area contributed by atoms with Crippen molar-refractivity contribution in [2.75, 3.05) is 25.0 Å². The Balaban J connectivity index is 1.71. The molecule has 0 aliphatic carbocycles. The fourth-order valence-electron chi connectivity index (χ4n) is 3.88. The van der Waals surface area contributed by atoms with E-state index < -0.39 is 24.4 Å². The first-order chi connectivity index (χ1) is 15.0. The highest BCUT2D eigenvalue weighted by molar-refractivity contribution is 5.83. The highest BCUT2D eigenvalue weighted by Crippen LogP contribution is 2.28. The fourth-order valence-corrected chi connectivity index (χ4v) is 3.88. The highest BCUT2D eigenvalue weighted by atomic mass is 19.3. The number of aromatic nitrogens is 2. The second kappa shape index (κ2) is 9.50. The lowest BCUT2D eigenvalue weighted by atomic mass is 10.0. The summed E-state index contributed by atoms with van der Waals surface area (Å²) in [6.45, 7) is 10.6. The Morgan fingerprint density at radius 1 is 1.34 bits per heavy atom. The van der Waals surface area contributed by atoms with E-state index in [1.807, 2.05) is 19.9 Å². The predicted octanol–water partition coefficient (Wildman–Crippen LogP) is 3.56. The molecule has 0 radical (unpaired) electrons. The molecule has 1 saturated heterocycles. The molecule has 176 valence electrons. The topological polar surface area (TPSA) is 94.7 Å². The van der Waals surface area contributed by atoms with Crippen molar-refractivity contribution in [1.82, 2.24) is 20.0 Å². The fraction of sp³-hybridized carbons (Fsp3) is 0.591. The van der Waals surface area contributed by atoms with Crippen LogP contribution in [0.5, 0.6) is 0 Å². The minimum atomic E-state index is -3.31. The Bertz CT molecular complexity index is 963. The molecule has 2 aromatic rings. The van der Waals surface area contributed by atoms with Crippen LogP contribution in [-0.2, 0) is 11.3 Å². The second-order valence-electron chi connectivity index (χ2n) is 8.48. The number of aryl methyl sites for hydroxylation is 1. The van der Waals surface area contributed by atoms with E-state index in [2.05, 4.69) is 26.5 Å². The maximum Gasteiger partial charge on any atom is 0.324 e. The van der Waals surface area contributed by atoms with Crippen LogP contribution in [-0.4, -0.2) is 62.6 Å². The van der Waals surface area contributed by atoms with Gasteiger partial charge in [-0.15, -0.1) is 5.10 Å². The predicted molar refractivity (Wildman–Crippen MR) is 116 cm³/mol. The number of anilines is 2. The van der Waals surface area contributed by atoms with Crippen LogP contribution >= 0.6 is 0 Å². The highest BCUT2D eigenvalue weighted by Gasteiger charge is 2.42. The van der Waals surface area contributed by atoms with Gasteiger partial charge < -0.3 is 19.7 Å². The van der Waals surface area contributed by atoms with Crippen molar-refractivity contribution in [2.24, 2.45) is 0 Å². The molecule has 1 fully saturated rings. The van der Waals surface area contributed by atoms with Crippen LogP contribution < -0.4 is 5.32 Å². The van der Waals surface area contributed by atoms with E-state index in [0.29, 0.717) is 19.6 Å². The van der Waals surface area contributed by atoms with Gasteiger partial charge in [0.25, 0.3) is 5.91 Å². The molecule has 1 aromatic carbocycles. The van der Waals surface area contributed by atoms with Gasteiger partial charge in [-0.25, -0.2) is 0 Å². The Morgan fingerprint density at radius 3 is 2.66 bits per heavy atom. The van der Waals surface area contributed by atoms with Crippen molar-refractivity contribution in [3.05, 3.63) is 34.7 Å². The number of piperazine rings is 1. The van der Waals surface area contributed by atoms with Crippen LogP contribution in [0.25, 0.3) is 0 Å². The standard InChI is InChI=1S/C22H31F2N5O3/c1-6-22(23,24)20(31)29-8-7-28(11-14(29)3)12-17-9-13(2)10-18(15(17)4)25-21-27-26-19(32-21)16(5)30/h9-10,14,16,30H,6-8,11-12H2,1-5H3,(H,25,27)/t14-,16+/m0/s1. The van der Waals surface area contributed by atoms with Gasteiger partial charge in [0.2, 0.25) is 5.89 Å². The average Bonchev–Trinajstić information content (AvgIpc) is 3.20. The summed E-state index contributed by atoms with van der Waals surface area (Å²) in [6.07, 6.45) is -1.34. The van der Waals surface area contributed by atoms with Crippen molar-refractivity contribution in [3.63, 3.8) is 0 Å². The average molecular weight is 452 g/mol. The summed E-state index contributed by atoms with van der Waals surface area (Å²) < 4.78 is 33.2. The van der Waals surface area contributed by atoms with E-state index in [-0.39, 0.29) is 24.5 Å². The number of carbonyl (C=O) groups is 1. The number of aliphatic hydroxyl groups excluding tert-OH is 1. The Kier molecular flexibility index (Phi) is 7.14.